The van der Waals surface area contributed by atoms with Crippen LogP contribution in [0, 0.1) is 13.8 Å². The highest BCUT2D eigenvalue weighted by molar-refractivity contribution is 5.85. The van der Waals surface area contributed by atoms with E-state index in [0.717, 1.165) is 54.0 Å². The molecule has 142 valence electrons. The van der Waals surface area contributed by atoms with Crippen LogP contribution in [0.1, 0.15) is 60.8 Å². The Morgan fingerprint density at radius 1 is 1.26 bits per heavy atom. The highest BCUT2D eigenvalue weighted by Gasteiger charge is 2.33. The Balaban J connectivity index is 1.66. The first kappa shape index (κ1) is 17.8. The van der Waals surface area contributed by atoms with Gasteiger partial charge in [-0.3, -0.25) is 9.48 Å². The van der Waals surface area contributed by atoms with Gasteiger partial charge in [-0.15, -0.1) is 0 Å². The second kappa shape index (κ2) is 6.87. The van der Waals surface area contributed by atoms with Crippen molar-refractivity contribution >= 4 is 16.8 Å². The highest BCUT2D eigenvalue weighted by Crippen LogP contribution is 2.35. The van der Waals surface area contributed by atoms with Crippen molar-refractivity contribution in [3.05, 3.63) is 53.0 Å². The Bertz CT molecular complexity index is 951. The minimum Gasteiger partial charge on any atom is -0.357 e. The summed E-state index contributed by atoms with van der Waals surface area (Å²) in [5.74, 6) is 0.0289. The molecule has 1 aromatic carbocycles. The first-order chi connectivity index (χ1) is 13.0. The number of hydrogen-bond donors (Lipinski definition) is 1. The van der Waals surface area contributed by atoms with Gasteiger partial charge in [0.2, 0.25) is 5.91 Å². The van der Waals surface area contributed by atoms with Crippen LogP contribution in [0.5, 0.6) is 0 Å². The van der Waals surface area contributed by atoms with Gasteiger partial charge in [-0.05, 0) is 57.6 Å². The molecule has 1 saturated heterocycles. The summed E-state index contributed by atoms with van der Waals surface area (Å²) in [5.41, 5.74) is 5.39. The van der Waals surface area contributed by atoms with E-state index in [4.69, 9.17) is 0 Å². The van der Waals surface area contributed by atoms with Gasteiger partial charge in [-0.2, -0.15) is 5.10 Å². The van der Waals surface area contributed by atoms with Crippen LogP contribution in [0.2, 0.25) is 0 Å². The molecular formula is C22H28N4O. The molecule has 1 aliphatic rings. The summed E-state index contributed by atoms with van der Waals surface area (Å²) in [5, 5.41) is 5.71. The van der Waals surface area contributed by atoms with Crippen LogP contribution in [-0.4, -0.2) is 32.1 Å². The minimum atomic E-state index is -0.177. The highest BCUT2D eigenvalue weighted by atomic mass is 16.2. The summed E-state index contributed by atoms with van der Waals surface area (Å²) >= 11 is 0. The number of para-hydroxylation sites is 1. The zero-order valence-electron chi connectivity index (χ0n) is 16.6. The van der Waals surface area contributed by atoms with Crippen molar-refractivity contribution in [2.75, 3.05) is 6.54 Å². The Labute approximate surface area is 160 Å². The zero-order chi connectivity index (χ0) is 19.1. The molecule has 2 atom stereocenters. The molecule has 1 N–H and O–H groups in total. The van der Waals surface area contributed by atoms with Crippen molar-refractivity contribution < 1.29 is 4.79 Å². The lowest BCUT2D eigenvalue weighted by Gasteiger charge is -2.37. The molecule has 3 aromatic rings. The number of fused-ring (bicyclic) bond motifs is 1. The number of benzene rings is 1. The van der Waals surface area contributed by atoms with E-state index in [9.17, 15) is 4.79 Å². The van der Waals surface area contributed by atoms with Crippen LogP contribution in [0.25, 0.3) is 10.9 Å². The fourth-order valence-corrected chi connectivity index (χ4v) is 4.58. The largest absolute Gasteiger partial charge is 0.357 e. The van der Waals surface area contributed by atoms with Crippen molar-refractivity contribution in [2.45, 2.75) is 52.0 Å². The summed E-state index contributed by atoms with van der Waals surface area (Å²) in [6.45, 7) is 6.89. The Hall–Kier alpha value is -2.56. The smallest absolute Gasteiger partial charge is 0.230 e. The fourth-order valence-electron chi connectivity index (χ4n) is 4.58. The van der Waals surface area contributed by atoms with E-state index in [-0.39, 0.29) is 17.9 Å². The second-order valence-electron chi connectivity index (χ2n) is 7.78. The fraction of sp³-hybridized carbons (Fsp3) is 0.455. The van der Waals surface area contributed by atoms with Crippen LogP contribution in [0.15, 0.2) is 30.3 Å². The molecule has 0 bridgehead atoms. The van der Waals surface area contributed by atoms with E-state index >= 15 is 0 Å². The Morgan fingerprint density at radius 3 is 2.74 bits per heavy atom. The maximum Gasteiger partial charge on any atom is 0.230 e. The maximum atomic E-state index is 13.5. The Morgan fingerprint density at radius 2 is 2.04 bits per heavy atom. The molecule has 0 radical (unpaired) electrons. The van der Waals surface area contributed by atoms with Crippen molar-refractivity contribution in [3.8, 4) is 0 Å². The first-order valence-corrected chi connectivity index (χ1v) is 9.85. The lowest BCUT2D eigenvalue weighted by Crippen LogP contribution is -2.41. The van der Waals surface area contributed by atoms with Gasteiger partial charge < -0.3 is 9.88 Å². The van der Waals surface area contributed by atoms with Crippen LogP contribution in [0.4, 0.5) is 0 Å². The summed E-state index contributed by atoms with van der Waals surface area (Å²) < 4.78 is 1.87. The van der Waals surface area contributed by atoms with E-state index in [1.165, 1.54) is 5.39 Å². The number of aromatic nitrogens is 3. The van der Waals surface area contributed by atoms with Gasteiger partial charge in [-0.1, -0.05) is 18.2 Å². The number of carbonyl (C=O) groups excluding carboxylic acids is 1. The first-order valence-electron chi connectivity index (χ1n) is 9.85. The Kier molecular flexibility index (Phi) is 4.54. The maximum absolute atomic E-state index is 13.5. The monoisotopic (exact) mass is 364 g/mol. The van der Waals surface area contributed by atoms with Gasteiger partial charge in [-0.25, -0.2) is 0 Å². The van der Waals surface area contributed by atoms with Crippen LogP contribution in [-0.2, 0) is 11.8 Å². The molecule has 2 unspecified atom stereocenters. The lowest BCUT2D eigenvalue weighted by atomic mass is 9.93. The van der Waals surface area contributed by atoms with E-state index in [0.29, 0.717) is 0 Å². The number of H-pyrrole nitrogens is 1. The van der Waals surface area contributed by atoms with Crippen molar-refractivity contribution in [1.82, 2.24) is 19.7 Å². The van der Waals surface area contributed by atoms with E-state index in [1.54, 1.807) is 0 Å². The molecule has 4 rings (SSSR count). The minimum absolute atomic E-state index is 0.124. The number of nitrogens with zero attached hydrogens (tertiary/aromatic N) is 3. The number of rotatable bonds is 3. The predicted octanol–water partition coefficient (Wildman–Crippen LogP) is 4.38. The van der Waals surface area contributed by atoms with Gasteiger partial charge in [0.05, 0.1) is 17.7 Å². The van der Waals surface area contributed by atoms with Crippen LogP contribution in [0.3, 0.4) is 0 Å². The van der Waals surface area contributed by atoms with Gasteiger partial charge in [0, 0.05) is 36.1 Å². The third-order valence-corrected chi connectivity index (χ3v) is 6.06. The average molecular weight is 364 g/mol. The number of amides is 1. The number of aromatic amines is 1. The molecule has 1 fully saturated rings. The molecule has 0 saturated carbocycles. The molecule has 1 amide bonds. The van der Waals surface area contributed by atoms with Gasteiger partial charge in [0.25, 0.3) is 0 Å². The van der Waals surface area contributed by atoms with E-state index in [2.05, 4.69) is 39.2 Å². The molecule has 0 aliphatic carbocycles. The zero-order valence-corrected chi connectivity index (χ0v) is 16.6. The third-order valence-electron chi connectivity index (χ3n) is 6.06. The number of hydrogen-bond acceptors (Lipinski definition) is 2. The lowest BCUT2D eigenvalue weighted by molar-refractivity contribution is -0.136. The molecule has 0 spiro atoms. The number of piperidine rings is 1. The summed E-state index contributed by atoms with van der Waals surface area (Å²) in [7, 11) is 1.94. The normalized spacial score (nSPS) is 18.8. The topological polar surface area (TPSA) is 53.9 Å². The van der Waals surface area contributed by atoms with Crippen molar-refractivity contribution in [3.63, 3.8) is 0 Å². The van der Waals surface area contributed by atoms with Crippen molar-refractivity contribution in [1.29, 1.82) is 0 Å². The second-order valence-corrected chi connectivity index (χ2v) is 7.78. The number of aryl methyl sites for hydroxylation is 2. The number of likely N-dealkylation sites (tertiary alicyclic amines) is 1. The van der Waals surface area contributed by atoms with Gasteiger partial charge in [0.1, 0.15) is 0 Å². The van der Waals surface area contributed by atoms with Crippen molar-refractivity contribution in [2.24, 2.45) is 7.05 Å². The van der Waals surface area contributed by atoms with Crippen LogP contribution < -0.4 is 0 Å². The third kappa shape index (κ3) is 3.05. The summed E-state index contributed by atoms with van der Waals surface area (Å²) in [4.78, 5) is 19.1. The quantitative estimate of drug-likeness (QED) is 0.750. The predicted molar refractivity (Wildman–Crippen MR) is 108 cm³/mol. The number of carbonyl (C=O) groups is 1. The molecule has 3 heterocycles. The SMILES string of the molecule is Cc1nn(C)c(C)c1C(C)C(=O)N1CCCCC1c1cc2ccccc2[nH]1. The van der Waals surface area contributed by atoms with Gasteiger partial charge in [0.15, 0.2) is 0 Å². The molecule has 1 aliphatic heterocycles. The summed E-state index contributed by atoms with van der Waals surface area (Å²) in [6.07, 6.45) is 3.24. The van der Waals surface area contributed by atoms with E-state index in [1.807, 2.05) is 38.6 Å². The number of nitrogens with one attached hydrogen (secondary N) is 1. The molecule has 2 aromatic heterocycles. The van der Waals surface area contributed by atoms with Crippen LogP contribution >= 0.6 is 0 Å². The molecule has 5 nitrogen and oxygen atoms in total. The molecule has 5 heteroatoms. The molecular weight excluding hydrogens is 336 g/mol. The average Bonchev–Trinajstić information content (AvgIpc) is 3.21. The standard InChI is InChI=1S/C22H28N4O/c1-14(21-15(2)24-25(4)16(21)3)22(27)26-12-8-7-11-20(26)19-13-17-9-5-6-10-18(17)23-19/h5-6,9-10,13-14,20,23H,7-8,11-12H2,1-4H3. The van der Waals surface area contributed by atoms with E-state index < -0.39 is 0 Å². The molecule has 27 heavy (non-hydrogen) atoms. The van der Waals surface area contributed by atoms with Gasteiger partial charge >= 0.3 is 0 Å². The summed E-state index contributed by atoms with van der Waals surface area (Å²) in [6, 6.07) is 10.6.